The first-order valence-electron chi connectivity index (χ1n) is 7.15. The minimum atomic E-state index is 0.121. The summed E-state index contributed by atoms with van der Waals surface area (Å²) in [5.41, 5.74) is 0.893. The fraction of sp³-hybridized carbons (Fsp3) is 0.400. The highest BCUT2D eigenvalue weighted by molar-refractivity contribution is 5.82. The van der Waals surface area contributed by atoms with E-state index in [1.165, 1.54) is 0 Å². The summed E-state index contributed by atoms with van der Waals surface area (Å²) in [6, 6.07) is 7.84. The molecular formula is C15H19N5O. The van der Waals surface area contributed by atoms with Gasteiger partial charge in [0.25, 0.3) is 0 Å². The lowest BCUT2D eigenvalue weighted by Gasteiger charge is -2.29. The van der Waals surface area contributed by atoms with Gasteiger partial charge in [-0.2, -0.15) is 0 Å². The maximum Gasteiger partial charge on any atom is 0.242 e. The van der Waals surface area contributed by atoms with E-state index in [0.717, 1.165) is 37.1 Å². The molecule has 0 atom stereocenters. The summed E-state index contributed by atoms with van der Waals surface area (Å²) in [6.07, 6.45) is 1.80. The highest BCUT2D eigenvalue weighted by atomic mass is 16.2. The first kappa shape index (κ1) is 13.8. The Balaban J connectivity index is 1.71. The molecule has 1 aromatic heterocycles. The van der Waals surface area contributed by atoms with E-state index in [0.29, 0.717) is 12.5 Å². The van der Waals surface area contributed by atoms with E-state index in [-0.39, 0.29) is 5.91 Å². The lowest BCUT2D eigenvalue weighted by Crippen LogP contribution is -2.49. The normalized spacial score (nSPS) is 15.2. The van der Waals surface area contributed by atoms with Gasteiger partial charge < -0.3 is 15.1 Å². The van der Waals surface area contributed by atoms with Crippen LogP contribution in [0.15, 0.2) is 30.5 Å². The summed E-state index contributed by atoms with van der Waals surface area (Å²) in [6.45, 7) is 3.57. The lowest BCUT2D eigenvalue weighted by atomic mass is 10.2. The molecule has 110 valence electrons. The smallest absolute Gasteiger partial charge is 0.242 e. The van der Waals surface area contributed by atoms with Gasteiger partial charge in [0.1, 0.15) is 0 Å². The summed E-state index contributed by atoms with van der Waals surface area (Å²) in [5, 5.41) is 4.25. The minimum Gasteiger partial charge on any atom is -0.339 e. The number of carbonyl (C=O) groups is 1. The molecule has 0 unspecified atom stereocenters. The quantitative estimate of drug-likeness (QED) is 0.890. The van der Waals surface area contributed by atoms with Gasteiger partial charge in [-0.05, 0) is 6.07 Å². The Kier molecular flexibility index (Phi) is 3.96. The molecule has 0 radical (unpaired) electrons. The van der Waals surface area contributed by atoms with Crippen LogP contribution in [0, 0.1) is 0 Å². The second-order valence-electron chi connectivity index (χ2n) is 5.22. The maximum absolute atomic E-state index is 12.2. The zero-order valence-electron chi connectivity index (χ0n) is 12.1. The number of carbonyl (C=O) groups excluding carboxylic acids is 1. The molecule has 6 nitrogen and oxygen atoms in total. The number of anilines is 1. The van der Waals surface area contributed by atoms with Gasteiger partial charge in [0, 0.05) is 44.8 Å². The van der Waals surface area contributed by atoms with Crippen LogP contribution >= 0.6 is 0 Å². The molecule has 2 aromatic rings. The SMILES string of the molecule is CN(CC(=O)N1CCNCC1)c1ncc2ccccc2n1. The van der Waals surface area contributed by atoms with Crippen molar-refractivity contribution >= 4 is 22.8 Å². The second kappa shape index (κ2) is 6.05. The van der Waals surface area contributed by atoms with E-state index in [1.54, 1.807) is 11.1 Å². The van der Waals surface area contributed by atoms with Gasteiger partial charge in [0.05, 0.1) is 12.1 Å². The van der Waals surface area contributed by atoms with Crippen LogP contribution in [0.4, 0.5) is 5.95 Å². The van der Waals surface area contributed by atoms with Crippen molar-refractivity contribution in [2.24, 2.45) is 0 Å². The molecule has 0 aliphatic carbocycles. The molecule has 1 aliphatic rings. The number of hydrogen-bond donors (Lipinski definition) is 1. The highest BCUT2D eigenvalue weighted by Crippen LogP contribution is 2.13. The number of fused-ring (bicyclic) bond motifs is 1. The summed E-state index contributed by atoms with van der Waals surface area (Å²) < 4.78 is 0. The molecule has 1 N–H and O–H groups in total. The van der Waals surface area contributed by atoms with Gasteiger partial charge in [-0.25, -0.2) is 9.97 Å². The van der Waals surface area contributed by atoms with Gasteiger partial charge in [-0.1, -0.05) is 18.2 Å². The third-order valence-corrected chi connectivity index (χ3v) is 3.66. The first-order chi connectivity index (χ1) is 10.2. The van der Waals surface area contributed by atoms with E-state index in [1.807, 2.05) is 36.2 Å². The Morgan fingerprint density at radius 2 is 2.10 bits per heavy atom. The summed E-state index contributed by atoms with van der Waals surface area (Å²) in [4.78, 5) is 24.8. The lowest BCUT2D eigenvalue weighted by molar-refractivity contribution is -0.130. The van der Waals surface area contributed by atoms with Gasteiger partial charge in [-0.3, -0.25) is 4.79 Å². The number of rotatable bonds is 3. The number of hydrogen-bond acceptors (Lipinski definition) is 5. The molecular weight excluding hydrogens is 266 g/mol. The van der Waals surface area contributed by atoms with E-state index < -0.39 is 0 Å². The fourth-order valence-electron chi connectivity index (χ4n) is 2.43. The minimum absolute atomic E-state index is 0.121. The van der Waals surface area contributed by atoms with Gasteiger partial charge in [0.2, 0.25) is 11.9 Å². The Morgan fingerprint density at radius 3 is 2.90 bits per heavy atom. The predicted molar refractivity (Wildman–Crippen MR) is 82.3 cm³/mol. The molecule has 0 bridgehead atoms. The Labute approximate surface area is 123 Å². The molecule has 0 spiro atoms. The average Bonchev–Trinajstić information content (AvgIpc) is 2.55. The van der Waals surface area contributed by atoms with Crippen LogP contribution in [-0.2, 0) is 4.79 Å². The summed E-state index contributed by atoms with van der Waals surface area (Å²) in [5.74, 6) is 0.702. The number of benzene rings is 1. The molecule has 6 heteroatoms. The molecule has 2 heterocycles. The number of nitrogens with zero attached hydrogens (tertiary/aromatic N) is 4. The van der Waals surface area contributed by atoms with Gasteiger partial charge >= 0.3 is 0 Å². The number of piperazine rings is 1. The number of amides is 1. The number of likely N-dealkylation sites (N-methyl/N-ethyl adjacent to an activating group) is 1. The highest BCUT2D eigenvalue weighted by Gasteiger charge is 2.18. The van der Waals surface area contributed by atoms with Crippen LogP contribution in [0.1, 0.15) is 0 Å². The third kappa shape index (κ3) is 3.11. The standard InChI is InChI=1S/C15H19N5O/c1-19(11-14(21)20-8-6-16-7-9-20)15-17-10-12-4-2-3-5-13(12)18-15/h2-5,10,16H,6-9,11H2,1H3. The van der Waals surface area contributed by atoms with Crippen LogP contribution in [0.2, 0.25) is 0 Å². The van der Waals surface area contributed by atoms with E-state index in [2.05, 4.69) is 15.3 Å². The number of aromatic nitrogens is 2. The number of para-hydroxylation sites is 1. The van der Waals surface area contributed by atoms with Crippen LogP contribution in [-0.4, -0.2) is 60.5 Å². The number of nitrogens with one attached hydrogen (secondary N) is 1. The van der Waals surface area contributed by atoms with Crippen molar-refractivity contribution in [1.82, 2.24) is 20.2 Å². The average molecular weight is 285 g/mol. The molecule has 1 aliphatic heterocycles. The molecule has 1 fully saturated rings. The van der Waals surface area contributed by atoms with Crippen LogP contribution < -0.4 is 10.2 Å². The van der Waals surface area contributed by atoms with Crippen LogP contribution in [0.3, 0.4) is 0 Å². The molecule has 0 saturated carbocycles. The Morgan fingerprint density at radius 1 is 1.33 bits per heavy atom. The molecule has 1 aromatic carbocycles. The second-order valence-corrected chi connectivity index (χ2v) is 5.22. The molecule has 1 amide bonds. The van der Waals surface area contributed by atoms with Gasteiger partial charge in [-0.15, -0.1) is 0 Å². The van der Waals surface area contributed by atoms with Crippen molar-refractivity contribution < 1.29 is 4.79 Å². The van der Waals surface area contributed by atoms with Crippen molar-refractivity contribution in [2.75, 3.05) is 44.7 Å². The Hall–Kier alpha value is -2.21. The fourth-order valence-corrected chi connectivity index (χ4v) is 2.43. The van der Waals surface area contributed by atoms with E-state index in [4.69, 9.17) is 0 Å². The van der Waals surface area contributed by atoms with Crippen molar-refractivity contribution in [3.05, 3.63) is 30.5 Å². The molecule has 3 rings (SSSR count). The van der Waals surface area contributed by atoms with E-state index >= 15 is 0 Å². The third-order valence-electron chi connectivity index (χ3n) is 3.66. The zero-order valence-corrected chi connectivity index (χ0v) is 12.1. The van der Waals surface area contributed by atoms with Crippen molar-refractivity contribution in [3.8, 4) is 0 Å². The predicted octanol–water partition coefficient (Wildman–Crippen LogP) is 0.498. The monoisotopic (exact) mass is 285 g/mol. The zero-order chi connectivity index (χ0) is 14.7. The van der Waals surface area contributed by atoms with Crippen molar-refractivity contribution in [1.29, 1.82) is 0 Å². The summed E-state index contributed by atoms with van der Waals surface area (Å²) >= 11 is 0. The summed E-state index contributed by atoms with van der Waals surface area (Å²) in [7, 11) is 1.85. The maximum atomic E-state index is 12.2. The molecule has 1 saturated heterocycles. The molecule has 21 heavy (non-hydrogen) atoms. The largest absolute Gasteiger partial charge is 0.339 e. The van der Waals surface area contributed by atoms with Gasteiger partial charge in [0.15, 0.2) is 0 Å². The van der Waals surface area contributed by atoms with Crippen molar-refractivity contribution in [3.63, 3.8) is 0 Å². The van der Waals surface area contributed by atoms with E-state index in [9.17, 15) is 4.79 Å². The van der Waals surface area contributed by atoms with Crippen molar-refractivity contribution in [2.45, 2.75) is 0 Å². The topological polar surface area (TPSA) is 61.4 Å². The Bertz CT molecular complexity index is 639. The van der Waals surface area contributed by atoms with Crippen LogP contribution in [0.5, 0.6) is 0 Å². The van der Waals surface area contributed by atoms with Crippen LogP contribution in [0.25, 0.3) is 10.9 Å². The first-order valence-corrected chi connectivity index (χ1v) is 7.15.